The summed E-state index contributed by atoms with van der Waals surface area (Å²) in [4.78, 5) is 42.0. The number of anilines is 1. The Balaban J connectivity index is 0.00000182. The molecule has 0 radical (unpaired) electrons. The summed E-state index contributed by atoms with van der Waals surface area (Å²) in [6.07, 6.45) is 11.7. The average molecular weight is 846 g/mol. The van der Waals surface area contributed by atoms with Crippen LogP contribution in [0.15, 0.2) is 30.5 Å². The fourth-order valence-electron chi connectivity index (χ4n) is 8.85. The van der Waals surface area contributed by atoms with Crippen LogP contribution in [0.1, 0.15) is 58.4 Å². The van der Waals surface area contributed by atoms with E-state index in [0.29, 0.717) is 40.8 Å². The van der Waals surface area contributed by atoms with Crippen molar-refractivity contribution in [2.45, 2.75) is 88.8 Å². The summed E-state index contributed by atoms with van der Waals surface area (Å²) < 4.78 is 62.1. The monoisotopic (exact) mass is 845 g/mol. The van der Waals surface area contributed by atoms with Gasteiger partial charge < -0.3 is 39.0 Å². The van der Waals surface area contributed by atoms with E-state index in [-0.39, 0.29) is 84.6 Å². The summed E-state index contributed by atoms with van der Waals surface area (Å²) in [5.41, 5.74) is -0.546. The summed E-state index contributed by atoms with van der Waals surface area (Å²) in [7, 11) is 3.54. The molecule has 2 unspecified atom stereocenters. The average Bonchev–Trinajstić information content (AvgIpc) is 3.72. The van der Waals surface area contributed by atoms with Crippen molar-refractivity contribution in [3.05, 3.63) is 47.7 Å². The van der Waals surface area contributed by atoms with Gasteiger partial charge in [-0.15, -0.1) is 6.42 Å². The number of hydrogen-bond acceptors (Lipinski definition) is 13. The van der Waals surface area contributed by atoms with Gasteiger partial charge in [-0.3, -0.25) is 19.6 Å². The zero-order valence-electron chi connectivity index (χ0n) is 35.2. The number of aromatic nitrogens is 3. The molecule has 2 aromatic carbocycles. The molecule has 0 saturated carbocycles. The fourth-order valence-corrected chi connectivity index (χ4v) is 8.85. The first-order valence-electron chi connectivity index (χ1n) is 20.6. The summed E-state index contributed by atoms with van der Waals surface area (Å²) in [6, 6.07) is 5.86. The first-order chi connectivity index (χ1) is 29.3. The van der Waals surface area contributed by atoms with E-state index < -0.39 is 17.2 Å². The van der Waals surface area contributed by atoms with Crippen LogP contribution in [-0.2, 0) is 19.0 Å². The van der Waals surface area contributed by atoms with Crippen LogP contribution in [0.4, 0.5) is 19.4 Å². The maximum Gasteiger partial charge on any atom is 0.410 e. The number of ether oxygens (including phenoxy) is 5. The Hall–Kier alpha value is -5.41. The number of rotatable bonds is 10. The van der Waals surface area contributed by atoms with Gasteiger partial charge >= 0.3 is 12.1 Å². The Bertz CT molecular complexity index is 2270. The number of likely N-dealkylation sites (tertiary alicyclic amines) is 1. The SMILES string of the molecule is C#Cc1c(F)ccc2cc(OCOC)cc(-c3ncc4c(N5CC6CCC(C5)N6C(=O)OC(C)(C)C)nc(OC[C@@H]5C[C@@H](OC6CCNCC6)CN5C)nc4c3F)c12.O=CO. The molecule has 8 rings (SSSR count). The van der Waals surface area contributed by atoms with Gasteiger partial charge in [0, 0.05) is 49.9 Å². The number of methoxy groups -OCH3 is 1. The molecule has 0 aliphatic carbocycles. The van der Waals surface area contributed by atoms with E-state index in [9.17, 15) is 4.79 Å². The minimum atomic E-state index is -0.757. The van der Waals surface area contributed by atoms with Gasteiger partial charge in [-0.05, 0) is 96.6 Å². The number of benzene rings is 2. The molecule has 17 heteroatoms. The highest BCUT2D eigenvalue weighted by Crippen LogP contribution is 2.41. The standard InChI is InChI=1S/C43H51F2N7O6.CH2O2/c1-7-32-35(44)11-8-25-16-30(56-24-54-6)18-33(36(25)32)38-37(45)39-34(19-47-38)40(51-20-26-9-10-27(21-51)52(26)42(53)58-43(2,3)4)49-41(48-39)55-23-28-17-31(22-50(28)5)57-29-12-14-46-15-13-29;2-1-3/h1,8,11,16,18-19,26-29,31,46H,9-10,12-15,17,20-24H2,2-6H3;1H,(H,2,3)/t26?,27?,28-,31+;/m0./s1. The number of hydrogen-bond donors (Lipinski definition) is 2. The van der Waals surface area contributed by atoms with E-state index in [1.807, 2.05) is 32.7 Å². The van der Waals surface area contributed by atoms with E-state index >= 15 is 8.78 Å². The third kappa shape index (κ3) is 9.57. The number of nitrogens with one attached hydrogen (secondary N) is 1. The van der Waals surface area contributed by atoms with Crippen LogP contribution in [0.3, 0.4) is 0 Å². The van der Waals surface area contributed by atoms with Gasteiger partial charge in [0.25, 0.3) is 6.47 Å². The summed E-state index contributed by atoms with van der Waals surface area (Å²) in [6.45, 7) is 9.09. The van der Waals surface area contributed by atoms with Crippen molar-refractivity contribution in [2.24, 2.45) is 0 Å². The number of pyridine rings is 1. The molecular formula is C44H53F2N7O8. The lowest BCUT2D eigenvalue weighted by molar-refractivity contribution is -0.122. The molecule has 0 spiro atoms. The highest BCUT2D eigenvalue weighted by Gasteiger charge is 2.45. The second kappa shape index (κ2) is 18.7. The molecule has 4 aromatic rings. The molecule has 4 fully saturated rings. The van der Waals surface area contributed by atoms with Crippen molar-refractivity contribution in [2.75, 3.05) is 65.2 Å². The van der Waals surface area contributed by atoms with Crippen LogP contribution in [0.5, 0.6) is 11.8 Å². The smallest absolute Gasteiger partial charge is 0.410 e. The van der Waals surface area contributed by atoms with Crippen LogP contribution in [0, 0.1) is 24.0 Å². The van der Waals surface area contributed by atoms with Crippen LogP contribution in [0.25, 0.3) is 32.9 Å². The Kier molecular flexibility index (Phi) is 13.4. The molecule has 2 aromatic heterocycles. The number of likely N-dealkylation sites (N-methyl/N-ethyl adjacent to an activating group) is 1. The second-order valence-electron chi connectivity index (χ2n) is 16.8. The minimum absolute atomic E-state index is 0.00832. The third-order valence-corrected chi connectivity index (χ3v) is 11.5. The quantitative estimate of drug-likeness (QED) is 0.115. The number of halogens is 2. The number of fused-ring (bicyclic) bond motifs is 4. The Morgan fingerprint density at radius 1 is 1.05 bits per heavy atom. The van der Waals surface area contributed by atoms with Gasteiger partial charge in [0.1, 0.15) is 40.8 Å². The number of piperazine rings is 1. The maximum atomic E-state index is 17.4. The van der Waals surface area contributed by atoms with Crippen LogP contribution >= 0.6 is 0 Å². The fraction of sp³-hybridized carbons (Fsp3) is 0.523. The highest BCUT2D eigenvalue weighted by atomic mass is 19.1. The molecule has 4 aliphatic heterocycles. The number of carboxylic acid groups (broad SMARTS) is 1. The number of terminal acetylenes is 1. The lowest BCUT2D eigenvalue weighted by atomic mass is 9.95. The topological polar surface area (TPSA) is 161 Å². The predicted octanol–water partition coefficient (Wildman–Crippen LogP) is 5.60. The maximum absolute atomic E-state index is 17.4. The molecule has 4 aliphatic rings. The van der Waals surface area contributed by atoms with Crippen LogP contribution < -0.4 is 19.7 Å². The zero-order valence-corrected chi connectivity index (χ0v) is 35.2. The van der Waals surface area contributed by atoms with Gasteiger partial charge in [0.15, 0.2) is 12.6 Å². The Morgan fingerprint density at radius 2 is 1.77 bits per heavy atom. The number of carbonyl (C=O) groups excluding carboxylic acids is 1. The molecule has 4 saturated heterocycles. The van der Waals surface area contributed by atoms with Gasteiger partial charge in [-0.2, -0.15) is 9.97 Å². The Labute approximate surface area is 353 Å². The Morgan fingerprint density at radius 3 is 2.44 bits per heavy atom. The highest BCUT2D eigenvalue weighted by molar-refractivity contribution is 6.03. The summed E-state index contributed by atoms with van der Waals surface area (Å²) in [5, 5.41) is 11.5. The first-order valence-corrected chi connectivity index (χ1v) is 20.6. The van der Waals surface area contributed by atoms with Gasteiger partial charge in [-0.25, -0.2) is 13.6 Å². The molecule has 326 valence electrons. The van der Waals surface area contributed by atoms with E-state index in [1.165, 1.54) is 19.4 Å². The second-order valence-corrected chi connectivity index (χ2v) is 16.8. The van der Waals surface area contributed by atoms with Crippen molar-refractivity contribution in [1.29, 1.82) is 0 Å². The van der Waals surface area contributed by atoms with Crippen molar-refractivity contribution in [3.8, 4) is 35.4 Å². The molecular weight excluding hydrogens is 793 g/mol. The lowest BCUT2D eigenvalue weighted by Crippen LogP contribution is -2.57. The number of nitrogens with zero attached hydrogens (tertiary/aromatic N) is 6. The van der Waals surface area contributed by atoms with Gasteiger partial charge in [0.05, 0.1) is 35.2 Å². The zero-order chi connectivity index (χ0) is 43.4. The minimum Gasteiger partial charge on any atom is -0.483 e. The largest absolute Gasteiger partial charge is 0.483 e. The van der Waals surface area contributed by atoms with Crippen molar-refractivity contribution >= 4 is 40.1 Å². The molecule has 61 heavy (non-hydrogen) atoms. The van der Waals surface area contributed by atoms with Crippen molar-refractivity contribution < 1.29 is 47.2 Å². The first kappa shape index (κ1) is 43.7. The number of carbonyl (C=O) groups is 2. The predicted molar refractivity (Wildman–Crippen MR) is 224 cm³/mol. The summed E-state index contributed by atoms with van der Waals surface area (Å²) in [5.74, 6) is 1.87. The molecule has 4 atom stereocenters. The summed E-state index contributed by atoms with van der Waals surface area (Å²) >= 11 is 0. The van der Waals surface area contributed by atoms with Crippen LogP contribution in [0.2, 0.25) is 0 Å². The lowest BCUT2D eigenvalue weighted by Gasteiger charge is -2.42. The van der Waals surface area contributed by atoms with E-state index in [2.05, 4.69) is 31.0 Å². The number of piperidine rings is 1. The van der Waals surface area contributed by atoms with Crippen molar-refractivity contribution in [1.82, 2.24) is 30.1 Å². The molecule has 2 N–H and O–H groups in total. The number of amides is 1. The normalized spacial score (nSPS) is 21.9. The van der Waals surface area contributed by atoms with E-state index in [1.54, 1.807) is 18.2 Å². The van der Waals surface area contributed by atoms with Crippen LogP contribution in [-0.4, -0.2) is 139 Å². The van der Waals surface area contributed by atoms with Crippen molar-refractivity contribution in [3.63, 3.8) is 0 Å². The third-order valence-electron chi connectivity index (χ3n) is 11.5. The molecule has 6 heterocycles. The molecule has 15 nitrogen and oxygen atoms in total. The molecule has 2 bridgehead atoms. The van der Waals surface area contributed by atoms with E-state index in [4.69, 9.17) is 45.0 Å². The van der Waals surface area contributed by atoms with E-state index in [0.717, 1.165) is 51.7 Å². The van der Waals surface area contributed by atoms with Gasteiger partial charge in [-0.1, -0.05) is 12.0 Å². The van der Waals surface area contributed by atoms with Gasteiger partial charge in [0.2, 0.25) is 0 Å². The molecule has 1 amide bonds.